The van der Waals surface area contributed by atoms with Crippen molar-refractivity contribution in [3.8, 4) is 0 Å². The summed E-state index contributed by atoms with van der Waals surface area (Å²) in [5.74, 6) is -0.0252. The minimum Gasteiger partial charge on any atom is -0.481 e. The van der Waals surface area contributed by atoms with Gasteiger partial charge in [-0.25, -0.2) is 0 Å². The number of aliphatic carboxylic acids is 1. The molecule has 2 fully saturated rings. The molecule has 1 N–H and O–H groups in total. The van der Waals surface area contributed by atoms with Crippen LogP contribution in [0, 0.1) is 11.3 Å². The monoisotopic (exact) mass is 255 g/mol. The van der Waals surface area contributed by atoms with Gasteiger partial charge in [-0.05, 0) is 38.6 Å². The lowest BCUT2D eigenvalue weighted by Crippen LogP contribution is -2.42. The van der Waals surface area contributed by atoms with Crippen LogP contribution >= 0.6 is 0 Å². The summed E-state index contributed by atoms with van der Waals surface area (Å²) in [4.78, 5) is 13.7. The zero-order chi connectivity index (χ0) is 13.0. The van der Waals surface area contributed by atoms with Gasteiger partial charge in [-0.15, -0.1) is 0 Å². The Kier molecular flexibility index (Phi) is 4.62. The highest BCUT2D eigenvalue weighted by atomic mass is 16.5. The summed E-state index contributed by atoms with van der Waals surface area (Å²) in [6, 6.07) is 0. The largest absolute Gasteiger partial charge is 0.481 e. The molecule has 2 aliphatic rings. The third kappa shape index (κ3) is 3.23. The number of hydrogen-bond donors (Lipinski definition) is 1. The van der Waals surface area contributed by atoms with E-state index in [1.165, 1.54) is 6.42 Å². The van der Waals surface area contributed by atoms with E-state index in [1.54, 1.807) is 0 Å². The fourth-order valence-electron chi connectivity index (χ4n) is 3.46. The van der Waals surface area contributed by atoms with Crippen molar-refractivity contribution in [1.29, 1.82) is 0 Å². The first-order valence-electron chi connectivity index (χ1n) is 7.12. The molecule has 2 rings (SSSR count). The van der Waals surface area contributed by atoms with E-state index < -0.39 is 11.4 Å². The Bertz CT molecular complexity index is 281. The highest BCUT2D eigenvalue weighted by Gasteiger charge is 2.42. The second kappa shape index (κ2) is 6.02. The molecule has 1 atom stereocenters. The topological polar surface area (TPSA) is 49.8 Å². The molecule has 0 aromatic heterocycles. The lowest BCUT2D eigenvalue weighted by molar-refractivity contribution is -0.149. The van der Waals surface area contributed by atoms with E-state index in [4.69, 9.17) is 4.74 Å². The number of rotatable bonds is 5. The van der Waals surface area contributed by atoms with Crippen molar-refractivity contribution < 1.29 is 14.6 Å². The summed E-state index contributed by atoms with van der Waals surface area (Å²) in [5.41, 5.74) is -0.482. The predicted molar refractivity (Wildman–Crippen MR) is 69.6 cm³/mol. The van der Waals surface area contributed by atoms with Crippen LogP contribution in [0.1, 0.15) is 38.5 Å². The van der Waals surface area contributed by atoms with Gasteiger partial charge in [-0.2, -0.15) is 0 Å². The van der Waals surface area contributed by atoms with Gasteiger partial charge in [0.15, 0.2) is 0 Å². The van der Waals surface area contributed by atoms with Crippen molar-refractivity contribution in [2.75, 3.05) is 33.4 Å². The summed E-state index contributed by atoms with van der Waals surface area (Å²) in [5, 5.41) is 9.47. The molecule has 0 radical (unpaired) electrons. The van der Waals surface area contributed by atoms with Crippen LogP contribution in [0.3, 0.4) is 0 Å². The number of nitrogens with zero attached hydrogens (tertiary/aromatic N) is 1. The fraction of sp³-hybridized carbons (Fsp3) is 0.929. The Morgan fingerprint density at radius 1 is 1.39 bits per heavy atom. The summed E-state index contributed by atoms with van der Waals surface area (Å²) >= 11 is 0. The quantitative estimate of drug-likeness (QED) is 0.816. The van der Waals surface area contributed by atoms with E-state index in [-0.39, 0.29) is 0 Å². The Hall–Kier alpha value is -0.610. The summed E-state index contributed by atoms with van der Waals surface area (Å²) < 4.78 is 5.48. The lowest BCUT2D eigenvalue weighted by Gasteiger charge is -2.33. The van der Waals surface area contributed by atoms with Gasteiger partial charge in [0.2, 0.25) is 0 Å². The van der Waals surface area contributed by atoms with Crippen molar-refractivity contribution in [3.05, 3.63) is 0 Å². The number of ether oxygens (including phenoxy) is 1. The lowest BCUT2D eigenvalue weighted by atomic mass is 9.85. The first kappa shape index (κ1) is 13.8. The van der Waals surface area contributed by atoms with Gasteiger partial charge >= 0.3 is 5.97 Å². The summed E-state index contributed by atoms with van der Waals surface area (Å²) in [7, 11) is 2.05. The first-order chi connectivity index (χ1) is 8.62. The molecular weight excluding hydrogens is 230 g/mol. The van der Waals surface area contributed by atoms with Gasteiger partial charge in [0.1, 0.15) is 0 Å². The highest BCUT2D eigenvalue weighted by molar-refractivity contribution is 5.75. The molecule has 4 heteroatoms. The molecule has 104 valence electrons. The fourth-order valence-corrected chi connectivity index (χ4v) is 3.46. The highest BCUT2D eigenvalue weighted by Crippen LogP contribution is 2.39. The molecule has 1 heterocycles. The van der Waals surface area contributed by atoms with Crippen molar-refractivity contribution in [1.82, 2.24) is 4.90 Å². The smallest absolute Gasteiger partial charge is 0.310 e. The zero-order valence-corrected chi connectivity index (χ0v) is 11.4. The molecule has 1 aliphatic carbocycles. The molecule has 0 aromatic carbocycles. The number of carboxylic acids is 1. The average Bonchev–Trinajstić information content (AvgIpc) is 2.80. The third-order valence-electron chi connectivity index (χ3n) is 4.41. The van der Waals surface area contributed by atoms with Crippen LogP contribution in [0.4, 0.5) is 0 Å². The maximum Gasteiger partial charge on any atom is 0.310 e. The molecule has 1 saturated carbocycles. The van der Waals surface area contributed by atoms with Gasteiger partial charge in [-0.3, -0.25) is 4.79 Å². The Morgan fingerprint density at radius 2 is 2.11 bits per heavy atom. The van der Waals surface area contributed by atoms with Gasteiger partial charge in [-0.1, -0.05) is 12.8 Å². The van der Waals surface area contributed by atoms with Gasteiger partial charge in [0.05, 0.1) is 12.0 Å². The molecule has 0 aromatic rings. The minimum atomic E-state index is -0.605. The molecule has 1 aliphatic heterocycles. The first-order valence-corrected chi connectivity index (χ1v) is 7.12. The van der Waals surface area contributed by atoms with E-state index in [0.717, 1.165) is 51.9 Å². The van der Waals surface area contributed by atoms with E-state index >= 15 is 0 Å². The molecule has 18 heavy (non-hydrogen) atoms. The van der Waals surface area contributed by atoms with Crippen LogP contribution in [-0.4, -0.2) is 49.3 Å². The van der Waals surface area contributed by atoms with Crippen molar-refractivity contribution in [2.24, 2.45) is 11.3 Å². The van der Waals surface area contributed by atoms with Crippen LogP contribution in [-0.2, 0) is 9.53 Å². The Balaban J connectivity index is 1.84. The number of carbonyl (C=O) groups is 1. The van der Waals surface area contributed by atoms with Crippen LogP contribution < -0.4 is 0 Å². The summed E-state index contributed by atoms with van der Waals surface area (Å²) in [6.45, 7) is 3.39. The maximum atomic E-state index is 11.5. The predicted octanol–water partition coefficient (Wildman–Crippen LogP) is 1.99. The van der Waals surface area contributed by atoms with E-state index in [9.17, 15) is 9.90 Å². The Morgan fingerprint density at radius 3 is 2.67 bits per heavy atom. The standard InChI is InChI=1S/C14H25NO3/c1-15(9-12-5-4-8-18-10-12)11-14(13(16)17)6-2-3-7-14/h12H,2-11H2,1H3,(H,16,17). The van der Waals surface area contributed by atoms with E-state index in [0.29, 0.717) is 12.5 Å². The minimum absolute atomic E-state index is 0.482. The molecule has 1 unspecified atom stereocenters. The van der Waals surface area contributed by atoms with Crippen LogP contribution in [0.25, 0.3) is 0 Å². The van der Waals surface area contributed by atoms with Crippen LogP contribution in [0.15, 0.2) is 0 Å². The van der Waals surface area contributed by atoms with Gasteiger partial charge in [0.25, 0.3) is 0 Å². The van der Waals surface area contributed by atoms with E-state index in [2.05, 4.69) is 11.9 Å². The maximum absolute atomic E-state index is 11.5. The van der Waals surface area contributed by atoms with Crippen LogP contribution in [0.2, 0.25) is 0 Å². The molecule has 4 nitrogen and oxygen atoms in total. The second-order valence-electron chi connectivity index (χ2n) is 6.07. The molecule has 0 bridgehead atoms. The van der Waals surface area contributed by atoms with Crippen molar-refractivity contribution in [2.45, 2.75) is 38.5 Å². The molecule has 0 spiro atoms. The Labute approximate surface area is 109 Å². The van der Waals surface area contributed by atoms with Gasteiger partial charge < -0.3 is 14.7 Å². The SMILES string of the molecule is CN(CC1CCCOC1)CC1(C(=O)O)CCCC1. The third-order valence-corrected chi connectivity index (χ3v) is 4.41. The average molecular weight is 255 g/mol. The molecule has 0 amide bonds. The number of hydrogen-bond acceptors (Lipinski definition) is 3. The number of carboxylic acid groups (broad SMARTS) is 1. The molecule has 1 saturated heterocycles. The van der Waals surface area contributed by atoms with Crippen molar-refractivity contribution in [3.63, 3.8) is 0 Å². The van der Waals surface area contributed by atoms with Gasteiger partial charge in [0, 0.05) is 19.7 Å². The van der Waals surface area contributed by atoms with E-state index in [1.807, 2.05) is 0 Å². The second-order valence-corrected chi connectivity index (χ2v) is 6.07. The zero-order valence-electron chi connectivity index (χ0n) is 11.4. The van der Waals surface area contributed by atoms with Crippen molar-refractivity contribution >= 4 is 5.97 Å². The summed E-state index contributed by atoms with van der Waals surface area (Å²) in [6.07, 6.45) is 6.16. The van der Waals surface area contributed by atoms with Crippen LogP contribution in [0.5, 0.6) is 0 Å². The normalized spacial score (nSPS) is 27.6. The molecular formula is C14H25NO3.